The molecule has 2 aromatic rings. The molecule has 0 saturated heterocycles. The summed E-state index contributed by atoms with van der Waals surface area (Å²) in [6.07, 6.45) is 3.26. The van der Waals surface area contributed by atoms with Gasteiger partial charge in [-0.05, 0) is 68.7 Å². The van der Waals surface area contributed by atoms with Crippen LogP contribution in [0.25, 0.3) is 5.57 Å². The van der Waals surface area contributed by atoms with Gasteiger partial charge in [0.15, 0.2) is 0 Å². The summed E-state index contributed by atoms with van der Waals surface area (Å²) in [5, 5.41) is 6.19. The molecule has 3 rings (SSSR count). The van der Waals surface area contributed by atoms with Crippen molar-refractivity contribution in [2.24, 2.45) is 0 Å². The molecule has 2 N–H and O–H groups in total. The van der Waals surface area contributed by atoms with E-state index < -0.39 is 11.7 Å². The van der Waals surface area contributed by atoms with Crippen molar-refractivity contribution >= 4 is 28.9 Å². The summed E-state index contributed by atoms with van der Waals surface area (Å²) in [5.41, 5.74) is 4.86. The lowest BCUT2D eigenvalue weighted by molar-refractivity contribution is 0.0635. The van der Waals surface area contributed by atoms with Crippen LogP contribution in [0, 0.1) is 0 Å². The molecule has 0 spiro atoms. The SMILES string of the molecule is COC1=C(CNc2cccc(NC(=O)OC(C)(C)C)c2)C=C(c2cccc(C(=O)N(C)C)c2)CC1. The number of hydrogen-bond acceptors (Lipinski definition) is 5. The normalized spacial score (nSPS) is 13.6. The number of allylic oxidation sites excluding steroid dienone is 2. The Morgan fingerprint density at radius 3 is 2.40 bits per heavy atom. The number of methoxy groups -OCH3 is 1. The van der Waals surface area contributed by atoms with E-state index in [1.807, 2.05) is 69.3 Å². The van der Waals surface area contributed by atoms with Crippen LogP contribution < -0.4 is 10.6 Å². The monoisotopic (exact) mass is 477 g/mol. The fourth-order valence-corrected chi connectivity index (χ4v) is 3.82. The smallest absolute Gasteiger partial charge is 0.412 e. The number of rotatable bonds is 7. The summed E-state index contributed by atoms with van der Waals surface area (Å²) in [6, 6.07) is 15.2. The van der Waals surface area contributed by atoms with Crippen LogP contribution in [-0.4, -0.2) is 50.3 Å². The van der Waals surface area contributed by atoms with E-state index in [9.17, 15) is 9.59 Å². The van der Waals surface area contributed by atoms with E-state index in [4.69, 9.17) is 9.47 Å². The Morgan fingerprint density at radius 2 is 1.71 bits per heavy atom. The molecule has 2 amide bonds. The summed E-state index contributed by atoms with van der Waals surface area (Å²) < 4.78 is 11.0. The van der Waals surface area contributed by atoms with Crippen molar-refractivity contribution < 1.29 is 19.1 Å². The quantitative estimate of drug-likeness (QED) is 0.517. The fourth-order valence-electron chi connectivity index (χ4n) is 3.82. The Bertz CT molecular complexity index is 1140. The first-order valence-corrected chi connectivity index (χ1v) is 11.7. The third kappa shape index (κ3) is 7.37. The van der Waals surface area contributed by atoms with Gasteiger partial charge in [-0.3, -0.25) is 10.1 Å². The molecule has 7 heteroatoms. The highest BCUT2D eigenvalue weighted by molar-refractivity contribution is 5.95. The minimum atomic E-state index is -0.562. The van der Waals surface area contributed by atoms with E-state index in [0.29, 0.717) is 17.8 Å². The van der Waals surface area contributed by atoms with E-state index in [-0.39, 0.29) is 5.91 Å². The first kappa shape index (κ1) is 25.9. The van der Waals surface area contributed by atoms with Crippen molar-refractivity contribution in [3.05, 3.63) is 77.1 Å². The zero-order chi connectivity index (χ0) is 25.6. The van der Waals surface area contributed by atoms with E-state index in [1.54, 1.807) is 26.1 Å². The van der Waals surface area contributed by atoms with Gasteiger partial charge < -0.3 is 19.7 Å². The average molecular weight is 478 g/mol. The lowest BCUT2D eigenvalue weighted by Gasteiger charge is -2.21. The first-order chi connectivity index (χ1) is 16.6. The molecule has 0 atom stereocenters. The molecule has 0 saturated carbocycles. The average Bonchev–Trinajstić information content (AvgIpc) is 2.81. The molecule has 1 aliphatic rings. The van der Waals surface area contributed by atoms with Crippen LogP contribution in [0.4, 0.5) is 16.2 Å². The minimum absolute atomic E-state index is 0.0156. The molecule has 0 bridgehead atoms. The van der Waals surface area contributed by atoms with Crippen LogP contribution in [0.15, 0.2) is 65.9 Å². The van der Waals surface area contributed by atoms with E-state index in [0.717, 1.165) is 41.0 Å². The van der Waals surface area contributed by atoms with Crippen molar-refractivity contribution in [1.29, 1.82) is 0 Å². The zero-order valence-electron chi connectivity index (χ0n) is 21.4. The van der Waals surface area contributed by atoms with Crippen LogP contribution in [0.3, 0.4) is 0 Å². The number of amides is 2. The van der Waals surface area contributed by atoms with Gasteiger partial charge in [-0.15, -0.1) is 0 Å². The standard InChI is InChI=1S/C28H35N3O4/c1-28(2,3)35-27(33)30-24-12-8-11-23(17-24)29-18-22-16-20(13-14-25(22)34-6)19-9-7-10-21(15-19)26(32)31(4)5/h7-12,15-17,29H,13-14,18H2,1-6H3,(H,30,33). The van der Waals surface area contributed by atoms with Crippen LogP contribution in [0.1, 0.15) is 49.5 Å². The third-order valence-corrected chi connectivity index (χ3v) is 5.45. The number of carbonyl (C=O) groups is 2. The summed E-state index contributed by atoms with van der Waals surface area (Å²) in [6.45, 7) is 6.04. The highest BCUT2D eigenvalue weighted by Gasteiger charge is 2.18. The van der Waals surface area contributed by atoms with Gasteiger partial charge in [-0.2, -0.15) is 0 Å². The lowest BCUT2D eigenvalue weighted by Crippen LogP contribution is -2.27. The van der Waals surface area contributed by atoms with Crippen molar-refractivity contribution in [3.63, 3.8) is 0 Å². The molecule has 7 nitrogen and oxygen atoms in total. The Morgan fingerprint density at radius 1 is 1.00 bits per heavy atom. The topological polar surface area (TPSA) is 79.9 Å². The maximum absolute atomic E-state index is 12.4. The zero-order valence-corrected chi connectivity index (χ0v) is 21.4. The number of anilines is 2. The second-order valence-electron chi connectivity index (χ2n) is 9.66. The third-order valence-electron chi connectivity index (χ3n) is 5.45. The van der Waals surface area contributed by atoms with Gasteiger partial charge in [0.1, 0.15) is 11.4 Å². The highest BCUT2D eigenvalue weighted by atomic mass is 16.6. The number of hydrogen-bond donors (Lipinski definition) is 2. The Balaban J connectivity index is 1.74. The molecule has 35 heavy (non-hydrogen) atoms. The van der Waals surface area contributed by atoms with Gasteiger partial charge in [0, 0.05) is 49.6 Å². The Hall–Kier alpha value is -3.74. The summed E-state index contributed by atoms with van der Waals surface area (Å²) in [5.74, 6) is 0.919. The van der Waals surface area contributed by atoms with Crippen LogP contribution in [0.5, 0.6) is 0 Å². The molecule has 0 aliphatic heterocycles. The van der Waals surface area contributed by atoms with E-state index >= 15 is 0 Å². The van der Waals surface area contributed by atoms with E-state index in [1.165, 1.54) is 0 Å². The minimum Gasteiger partial charge on any atom is -0.501 e. The molecule has 0 aromatic heterocycles. The van der Waals surface area contributed by atoms with Crippen LogP contribution >= 0.6 is 0 Å². The molecular weight excluding hydrogens is 442 g/mol. The van der Waals surface area contributed by atoms with Crippen LogP contribution in [-0.2, 0) is 9.47 Å². The van der Waals surface area contributed by atoms with Gasteiger partial charge in [0.05, 0.1) is 7.11 Å². The molecule has 0 unspecified atom stereocenters. The number of benzene rings is 2. The number of nitrogens with zero attached hydrogens (tertiary/aromatic N) is 1. The van der Waals surface area contributed by atoms with Crippen LogP contribution in [0.2, 0.25) is 0 Å². The summed E-state index contributed by atoms with van der Waals surface area (Å²) >= 11 is 0. The van der Waals surface area contributed by atoms with Gasteiger partial charge in [-0.25, -0.2) is 4.79 Å². The molecular formula is C28H35N3O4. The molecule has 0 radical (unpaired) electrons. The summed E-state index contributed by atoms with van der Waals surface area (Å²) in [4.78, 5) is 26.1. The molecule has 186 valence electrons. The number of carbonyl (C=O) groups excluding carboxylic acids is 2. The second kappa shape index (κ2) is 11.1. The predicted molar refractivity (Wildman–Crippen MR) is 140 cm³/mol. The highest BCUT2D eigenvalue weighted by Crippen LogP contribution is 2.31. The van der Waals surface area contributed by atoms with Crippen molar-refractivity contribution in [2.45, 2.75) is 39.2 Å². The molecule has 0 heterocycles. The van der Waals surface area contributed by atoms with Gasteiger partial charge in [-0.1, -0.05) is 24.3 Å². The van der Waals surface area contributed by atoms with Crippen molar-refractivity contribution in [2.75, 3.05) is 38.4 Å². The predicted octanol–water partition coefficient (Wildman–Crippen LogP) is 5.93. The van der Waals surface area contributed by atoms with Crippen molar-refractivity contribution in [3.8, 4) is 0 Å². The van der Waals surface area contributed by atoms with Gasteiger partial charge in [0.25, 0.3) is 5.91 Å². The molecule has 1 aliphatic carbocycles. The van der Waals surface area contributed by atoms with Gasteiger partial charge in [0.2, 0.25) is 0 Å². The largest absolute Gasteiger partial charge is 0.501 e. The maximum atomic E-state index is 12.4. The van der Waals surface area contributed by atoms with Gasteiger partial charge >= 0.3 is 6.09 Å². The summed E-state index contributed by atoms with van der Waals surface area (Å²) in [7, 11) is 5.20. The molecule has 0 fully saturated rings. The fraction of sp³-hybridized carbons (Fsp3) is 0.357. The van der Waals surface area contributed by atoms with E-state index in [2.05, 4.69) is 16.7 Å². The van der Waals surface area contributed by atoms with Crippen molar-refractivity contribution in [1.82, 2.24) is 4.90 Å². The first-order valence-electron chi connectivity index (χ1n) is 11.7. The number of nitrogens with one attached hydrogen (secondary N) is 2. The lowest BCUT2D eigenvalue weighted by atomic mass is 9.91. The maximum Gasteiger partial charge on any atom is 0.412 e. The second-order valence-corrected chi connectivity index (χ2v) is 9.66. The Kier molecular flexibility index (Phi) is 8.22. The number of ether oxygens (including phenoxy) is 2. The molecule has 2 aromatic carbocycles. The Labute approximate surface area is 207 Å².